The number of fused-ring (bicyclic) bond motifs is 2. The quantitative estimate of drug-likeness (QED) is 0.422. The van der Waals surface area contributed by atoms with Crippen molar-refractivity contribution in [3.63, 3.8) is 0 Å². The summed E-state index contributed by atoms with van der Waals surface area (Å²) >= 11 is 0. The molecule has 1 aliphatic rings. The second-order valence-corrected chi connectivity index (χ2v) is 8.39. The number of nitrogens with zero attached hydrogens (tertiary/aromatic N) is 8. The third kappa shape index (κ3) is 2.18. The highest BCUT2D eigenvalue weighted by Gasteiger charge is 2.28. The van der Waals surface area contributed by atoms with Crippen LogP contribution >= 0.6 is 0 Å². The number of para-hydroxylation sites is 2. The Bertz CT molecular complexity index is 1680. The van der Waals surface area contributed by atoms with Gasteiger partial charge in [0.15, 0.2) is 0 Å². The van der Waals surface area contributed by atoms with Crippen LogP contribution in [0, 0.1) is 13.8 Å². The lowest BCUT2D eigenvalue weighted by atomic mass is 9.96. The Morgan fingerprint density at radius 1 is 0.781 bits per heavy atom. The van der Waals surface area contributed by atoms with Crippen molar-refractivity contribution < 1.29 is 0 Å². The molecule has 6 aromatic rings. The molecule has 3 aromatic carbocycles. The van der Waals surface area contributed by atoms with Gasteiger partial charge in [-0.1, -0.05) is 34.7 Å². The molecular weight excluding hydrogens is 400 g/mol. The van der Waals surface area contributed by atoms with Gasteiger partial charge in [-0.05, 0) is 62.1 Å². The predicted molar refractivity (Wildman–Crippen MR) is 122 cm³/mol. The summed E-state index contributed by atoms with van der Waals surface area (Å²) < 4.78 is 6.20. The predicted octanol–water partition coefficient (Wildman–Crippen LogP) is 4.07. The van der Waals surface area contributed by atoms with Crippen molar-refractivity contribution in [2.75, 3.05) is 0 Å². The topological polar surface area (TPSA) is 79.2 Å². The number of rotatable bonds is 2. The summed E-state index contributed by atoms with van der Waals surface area (Å²) in [6, 6.07) is 16.1. The Balaban J connectivity index is 1.71. The Morgan fingerprint density at radius 3 is 2.09 bits per heavy atom. The zero-order chi connectivity index (χ0) is 21.4. The fourth-order valence-electron chi connectivity index (χ4n) is 5.17. The van der Waals surface area contributed by atoms with Crippen molar-refractivity contribution in [2.24, 2.45) is 0 Å². The largest absolute Gasteiger partial charge is 0.328 e. The fourth-order valence-corrected chi connectivity index (χ4v) is 5.17. The van der Waals surface area contributed by atoms with Gasteiger partial charge >= 0.3 is 0 Å². The van der Waals surface area contributed by atoms with E-state index in [1.54, 1.807) is 0 Å². The maximum Gasteiger partial charge on any atom is 0.121 e. The number of aryl methyl sites for hydroxylation is 3. The zero-order valence-electron chi connectivity index (χ0n) is 17.8. The van der Waals surface area contributed by atoms with Crippen LogP contribution in [0.25, 0.3) is 44.5 Å². The van der Waals surface area contributed by atoms with Crippen LogP contribution in [0.1, 0.15) is 23.4 Å². The molecule has 0 bridgehead atoms. The van der Waals surface area contributed by atoms with Crippen LogP contribution in [0.3, 0.4) is 0 Å². The minimum absolute atomic E-state index is 0.847. The second-order valence-electron chi connectivity index (χ2n) is 8.39. The van der Waals surface area contributed by atoms with E-state index in [-0.39, 0.29) is 0 Å². The molecule has 0 saturated heterocycles. The number of benzene rings is 3. The lowest BCUT2D eigenvalue weighted by Crippen LogP contribution is -2.15. The first-order chi connectivity index (χ1) is 15.7. The van der Waals surface area contributed by atoms with E-state index in [9.17, 15) is 0 Å². The van der Waals surface area contributed by atoms with E-state index in [2.05, 4.69) is 45.1 Å². The first kappa shape index (κ1) is 17.6. The summed E-state index contributed by atoms with van der Waals surface area (Å²) in [5, 5.41) is 18.0. The molecule has 0 saturated carbocycles. The van der Waals surface area contributed by atoms with Crippen molar-refractivity contribution >= 4 is 33.1 Å². The summed E-state index contributed by atoms with van der Waals surface area (Å²) in [5.74, 6) is 1.02. The van der Waals surface area contributed by atoms with Crippen LogP contribution < -0.4 is 0 Å². The third-order valence-corrected chi connectivity index (χ3v) is 6.64. The summed E-state index contributed by atoms with van der Waals surface area (Å²) in [4.78, 5) is 5.05. The van der Waals surface area contributed by atoms with Gasteiger partial charge in [0.2, 0.25) is 0 Å². The molecule has 156 valence electrons. The van der Waals surface area contributed by atoms with Crippen molar-refractivity contribution in [1.82, 2.24) is 39.5 Å². The molecule has 0 fully saturated rings. The first-order valence-corrected chi connectivity index (χ1v) is 10.9. The van der Waals surface area contributed by atoms with Crippen molar-refractivity contribution in [3.05, 3.63) is 65.5 Å². The number of aromatic nitrogens is 8. The molecule has 0 atom stereocenters. The van der Waals surface area contributed by atoms with Crippen LogP contribution in [0.2, 0.25) is 0 Å². The average molecular weight is 420 g/mol. The summed E-state index contributed by atoms with van der Waals surface area (Å²) in [6.45, 7) is 5.25. The maximum atomic E-state index is 5.05. The highest BCUT2D eigenvalue weighted by Crippen LogP contribution is 2.39. The van der Waals surface area contributed by atoms with E-state index in [4.69, 9.17) is 4.98 Å². The average Bonchev–Trinajstić information content (AvgIpc) is 3.53. The molecule has 0 N–H and O–H groups in total. The third-order valence-electron chi connectivity index (χ3n) is 6.64. The smallest absolute Gasteiger partial charge is 0.121 e. The van der Waals surface area contributed by atoms with E-state index in [0.717, 1.165) is 64.2 Å². The Kier molecular flexibility index (Phi) is 3.42. The molecular formula is C24H20N8. The first-order valence-electron chi connectivity index (χ1n) is 10.9. The lowest BCUT2D eigenvalue weighted by Gasteiger charge is -2.22. The van der Waals surface area contributed by atoms with Crippen LogP contribution in [-0.2, 0) is 13.0 Å². The molecule has 4 heterocycles. The number of hydrogen-bond acceptors (Lipinski definition) is 5. The van der Waals surface area contributed by atoms with Gasteiger partial charge in [0.25, 0.3) is 0 Å². The normalized spacial score (nSPS) is 13.6. The monoisotopic (exact) mass is 420 g/mol. The summed E-state index contributed by atoms with van der Waals surface area (Å²) in [5.41, 5.74) is 10.1. The van der Waals surface area contributed by atoms with Crippen LogP contribution in [0.15, 0.2) is 48.5 Å². The number of hydrogen-bond donors (Lipinski definition) is 0. The molecule has 7 rings (SSSR count). The molecule has 0 radical (unpaired) electrons. The van der Waals surface area contributed by atoms with Crippen molar-refractivity contribution in [3.8, 4) is 11.4 Å². The zero-order valence-corrected chi connectivity index (χ0v) is 17.8. The van der Waals surface area contributed by atoms with Gasteiger partial charge in [-0.2, -0.15) is 0 Å². The van der Waals surface area contributed by atoms with Gasteiger partial charge in [-0.15, -0.1) is 10.2 Å². The SMILES string of the molecule is Cc1c(-n2nnc3ccccc32)c(-n2nnc3ccccc32)c2nc(C)n3c2c1CCC3. The maximum absolute atomic E-state index is 5.05. The van der Waals surface area contributed by atoms with Crippen LogP contribution in [0.5, 0.6) is 0 Å². The van der Waals surface area contributed by atoms with E-state index in [1.807, 2.05) is 51.8 Å². The highest BCUT2D eigenvalue weighted by atomic mass is 15.5. The molecule has 0 amide bonds. The molecule has 0 spiro atoms. The van der Waals surface area contributed by atoms with E-state index in [0.29, 0.717) is 0 Å². The fraction of sp³-hybridized carbons (Fsp3) is 0.208. The molecule has 32 heavy (non-hydrogen) atoms. The molecule has 8 heteroatoms. The second kappa shape index (κ2) is 6.23. The minimum Gasteiger partial charge on any atom is -0.328 e. The van der Waals surface area contributed by atoms with Crippen molar-refractivity contribution in [1.29, 1.82) is 0 Å². The molecule has 1 aliphatic heterocycles. The lowest BCUT2D eigenvalue weighted by molar-refractivity contribution is 0.614. The summed E-state index contributed by atoms with van der Waals surface area (Å²) in [6.07, 6.45) is 2.12. The van der Waals surface area contributed by atoms with Gasteiger partial charge in [-0.25, -0.2) is 14.3 Å². The molecule has 8 nitrogen and oxygen atoms in total. The van der Waals surface area contributed by atoms with Gasteiger partial charge in [0.1, 0.15) is 28.1 Å². The van der Waals surface area contributed by atoms with Gasteiger partial charge in [0, 0.05) is 6.54 Å². The summed E-state index contributed by atoms with van der Waals surface area (Å²) in [7, 11) is 0. The Labute approximate surface area is 183 Å². The van der Waals surface area contributed by atoms with E-state index >= 15 is 0 Å². The van der Waals surface area contributed by atoms with Crippen LogP contribution in [-0.4, -0.2) is 39.5 Å². The minimum atomic E-state index is 0.847. The highest BCUT2D eigenvalue weighted by molar-refractivity contribution is 5.96. The Morgan fingerprint density at radius 2 is 1.41 bits per heavy atom. The van der Waals surface area contributed by atoms with Gasteiger partial charge < -0.3 is 4.57 Å². The number of imidazole rings is 1. The standard InChI is InChI=1S/C24H20N8/c1-14-16-8-7-13-30-15(2)25-21(23(16)30)24(32-20-12-6-4-10-18(20)27-29-32)22(14)31-19-11-5-3-9-17(19)26-28-31/h3-6,9-12H,7-8,13H2,1-2H3. The molecule has 0 unspecified atom stereocenters. The van der Waals surface area contributed by atoms with Crippen LogP contribution in [0.4, 0.5) is 0 Å². The van der Waals surface area contributed by atoms with E-state index in [1.165, 1.54) is 16.6 Å². The van der Waals surface area contributed by atoms with Gasteiger partial charge in [-0.3, -0.25) is 0 Å². The Hall–Kier alpha value is -4.07. The molecule has 3 aromatic heterocycles. The van der Waals surface area contributed by atoms with E-state index < -0.39 is 0 Å². The molecule has 0 aliphatic carbocycles. The van der Waals surface area contributed by atoms with Gasteiger partial charge in [0.05, 0.1) is 22.2 Å². The van der Waals surface area contributed by atoms with Crippen molar-refractivity contribution in [2.45, 2.75) is 33.2 Å².